The molecule has 0 saturated heterocycles. The van der Waals surface area contributed by atoms with Crippen LogP contribution in [0.4, 0.5) is 4.39 Å². The molecule has 0 unspecified atom stereocenters. The molecule has 1 aromatic rings. The van der Waals surface area contributed by atoms with E-state index in [9.17, 15) is 9.18 Å². The Bertz CT molecular complexity index is 334. The van der Waals surface area contributed by atoms with Gasteiger partial charge >= 0.3 is 5.97 Å². The third-order valence-electron chi connectivity index (χ3n) is 1.11. The van der Waals surface area contributed by atoms with E-state index < -0.39 is 11.8 Å². The van der Waals surface area contributed by atoms with E-state index in [-0.39, 0.29) is 10.8 Å². The quantitative estimate of drug-likeness (QED) is 0.672. The molecule has 1 rings (SSSR count). The van der Waals surface area contributed by atoms with Crippen molar-refractivity contribution >= 4 is 33.7 Å². The molecule has 0 amide bonds. The van der Waals surface area contributed by atoms with Crippen molar-refractivity contribution in [3.05, 3.63) is 22.6 Å². The molecule has 70 valence electrons. The average molecular weight is 266 g/mol. The summed E-state index contributed by atoms with van der Waals surface area (Å²) in [5, 5.41) is 8.45. The molecule has 0 fully saturated rings. The van der Waals surface area contributed by atoms with Gasteiger partial charge in [0.1, 0.15) is 9.63 Å². The summed E-state index contributed by atoms with van der Waals surface area (Å²) in [4.78, 5) is 14.0. The Labute approximate surface area is 86.5 Å². The predicted octanol–water partition coefficient (Wildman–Crippen LogP) is 2.16. The van der Waals surface area contributed by atoms with Crippen molar-refractivity contribution in [1.29, 1.82) is 0 Å². The van der Waals surface area contributed by atoms with Crippen LogP contribution < -0.4 is 0 Å². The van der Waals surface area contributed by atoms with E-state index in [2.05, 4.69) is 20.9 Å². The molecule has 0 radical (unpaired) electrons. The lowest BCUT2D eigenvalue weighted by Crippen LogP contribution is -1.99. The van der Waals surface area contributed by atoms with Gasteiger partial charge in [-0.1, -0.05) is 11.8 Å². The number of nitrogens with zero attached hydrogens (tertiary/aromatic N) is 1. The maximum absolute atomic E-state index is 12.9. The second-order valence-electron chi connectivity index (χ2n) is 2.10. The van der Waals surface area contributed by atoms with Crippen LogP contribution in [0.1, 0.15) is 0 Å². The monoisotopic (exact) mass is 265 g/mol. The van der Waals surface area contributed by atoms with Crippen LogP contribution >= 0.6 is 27.7 Å². The van der Waals surface area contributed by atoms with Crippen molar-refractivity contribution in [3.63, 3.8) is 0 Å². The second-order valence-corrected chi connectivity index (χ2v) is 3.88. The van der Waals surface area contributed by atoms with E-state index >= 15 is 0 Å². The van der Waals surface area contributed by atoms with Crippen molar-refractivity contribution in [1.82, 2.24) is 4.98 Å². The number of carboxylic acids is 1. The fourth-order valence-corrected chi connectivity index (χ4v) is 1.69. The van der Waals surface area contributed by atoms with E-state index in [1.54, 1.807) is 0 Å². The molecule has 3 nitrogen and oxygen atoms in total. The van der Waals surface area contributed by atoms with E-state index in [1.807, 2.05) is 0 Å². The number of aliphatic carboxylic acids is 1. The Morgan fingerprint density at radius 2 is 2.38 bits per heavy atom. The SMILES string of the molecule is O=C(O)CSc1nc(Br)ccc1F. The highest BCUT2D eigenvalue weighted by molar-refractivity contribution is 9.10. The second kappa shape index (κ2) is 4.57. The van der Waals surface area contributed by atoms with Crippen molar-refractivity contribution < 1.29 is 14.3 Å². The van der Waals surface area contributed by atoms with Crippen LogP contribution in [-0.4, -0.2) is 21.8 Å². The Balaban J connectivity index is 2.75. The van der Waals surface area contributed by atoms with E-state index in [0.29, 0.717) is 4.60 Å². The molecule has 0 spiro atoms. The van der Waals surface area contributed by atoms with Gasteiger partial charge in [0.2, 0.25) is 0 Å². The van der Waals surface area contributed by atoms with Gasteiger partial charge in [-0.15, -0.1) is 0 Å². The van der Waals surface area contributed by atoms with Crippen molar-refractivity contribution in [2.45, 2.75) is 5.03 Å². The van der Waals surface area contributed by atoms with Crippen LogP contribution in [0.2, 0.25) is 0 Å². The van der Waals surface area contributed by atoms with Gasteiger partial charge < -0.3 is 5.11 Å². The summed E-state index contributed by atoms with van der Waals surface area (Å²) in [5.74, 6) is -1.69. The highest BCUT2D eigenvalue weighted by Gasteiger charge is 2.07. The first-order valence-corrected chi connectivity index (χ1v) is 5.04. The number of aromatic nitrogens is 1. The lowest BCUT2D eigenvalue weighted by molar-refractivity contribution is -0.133. The number of pyridine rings is 1. The molecule has 0 aliphatic heterocycles. The molecule has 0 atom stereocenters. The number of carbonyl (C=O) groups is 1. The normalized spacial score (nSPS) is 10.0. The summed E-state index contributed by atoms with van der Waals surface area (Å²) < 4.78 is 13.4. The van der Waals surface area contributed by atoms with Crippen LogP contribution in [0, 0.1) is 5.82 Å². The summed E-state index contributed by atoms with van der Waals surface area (Å²) in [7, 11) is 0. The summed E-state index contributed by atoms with van der Waals surface area (Å²) in [6.07, 6.45) is 0. The number of rotatable bonds is 3. The zero-order valence-electron chi connectivity index (χ0n) is 6.33. The molecule has 13 heavy (non-hydrogen) atoms. The minimum absolute atomic E-state index is 0.0942. The number of halogens is 2. The van der Waals surface area contributed by atoms with E-state index in [4.69, 9.17) is 5.11 Å². The largest absolute Gasteiger partial charge is 0.481 e. The van der Waals surface area contributed by atoms with Crippen LogP contribution in [-0.2, 0) is 4.79 Å². The van der Waals surface area contributed by atoms with E-state index in [0.717, 1.165) is 11.8 Å². The van der Waals surface area contributed by atoms with Gasteiger partial charge in [-0.05, 0) is 28.1 Å². The minimum atomic E-state index is -0.994. The molecular weight excluding hydrogens is 261 g/mol. The van der Waals surface area contributed by atoms with Gasteiger partial charge in [0.15, 0.2) is 5.82 Å². The molecule has 0 bridgehead atoms. The Morgan fingerprint density at radius 1 is 1.69 bits per heavy atom. The maximum Gasteiger partial charge on any atom is 0.313 e. The first-order chi connectivity index (χ1) is 6.09. The van der Waals surface area contributed by atoms with Crippen LogP contribution in [0.25, 0.3) is 0 Å². The topological polar surface area (TPSA) is 50.2 Å². The van der Waals surface area contributed by atoms with Crippen molar-refractivity contribution in [2.75, 3.05) is 5.75 Å². The number of carboxylic acid groups (broad SMARTS) is 1. The van der Waals surface area contributed by atoms with Gasteiger partial charge in [0, 0.05) is 0 Å². The molecule has 0 aliphatic rings. The minimum Gasteiger partial charge on any atom is -0.481 e. The lowest BCUT2D eigenvalue weighted by atomic mass is 10.5. The summed E-state index contributed by atoms with van der Waals surface area (Å²) in [6.45, 7) is 0. The molecule has 0 aromatic carbocycles. The molecule has 6 heteroatoms. The average Bonchev–Trinajstić information content (AvgIpc) is 2.06. The highest BCUT2D eigenvalue weighted by Crippen LogP contribution is 2.21. The van der Waals surface area contributed by atoms with Gasteiger partial charge in [0.25, 0.3) is 0 Å². The van der Waals surface area contributed by atoms with Gasteiger partial charge in [-0.25, -0.2) is 9.37 Å². The van der Waals surface area contributed by atoms with Crippen molar-refractivity contribution in [3.8, 4) is 0 Å². The maximum atomic E-state index is 12.9. The zero-order chi connectivity index (χ0) is 9.84. The van der Waals surface area contributed by atoms with Crippen LogP contribution in [0.15, 0.2) is 21.8 Å². The Kier molecular flexibility index (Phi) is 3.68. The Hall–Kier alpha value is -0.620. The highest BCUT2D eigenvalue weighted by atomic mass is 79.9. The molecule has 1 aromatic heterocycles. The fraction of sp³-hybridized carbons (Fsp3) is 0.143. The number of hydrogen-bond donors (Lipinski definition) is 1. The van der Waals surface area contributed by atoms with Crippen LogP contribution in [0.5, 0.6) is 0 Å². The molecule has 1 heterocycles. The first-order valence-electron chi connectivity index (χ1n) is 3.26. The lowest BCUT2D eigenvalue weighted by Gasteiger charge is -1.99. The van der Waals surface area contributed by atoms with Crippen LogP contribution in [0.3, 0.4) is 0 Å². The van der Waals surface area contributed by atoms with Crippen molar-refractivity contribution in [2.24, 2.45) is 0 Å². The number of hydrogen-bond acceptors (Lipinski definition) is 3. The van der Waals surface area contributed by atoms with E-state index in [1.165, 1.54) is 12.1 Å². The third-order valence-corrected chi connectivity index (χ3v) is 2.50. The summed E-state index contributed by atoms with van der Waals surface area (Å²) >= 11 is 3.92. The first kappa shape index (κ1) is 10.5. The molecule has 0 saturated carbocycles. The van der Waals surface area contributed by atoms with Gasteiger partial charge in [0.05, 0.1) is 5.75 Å². The van der Waals surface area contributed by atoms with Gasteiger partial charge in [-0.2, -0.15) is 0 Å². The zero-order valence-corrected chi connectivity index (χ0v) is 8.73. The summed E-state index contributed by atoms with van der Waals surface area (Å²) in [6, 6.07) is 2.70. The van der Waals surface area contributed by atoms with Gasteiger partial charge in [-0.3, -0.25) is 4.79 Å². The smallest absolute Gasteiger partial charge is 0.313 e. The Morgan fingerprint density at radius 3 is 3.00 bits per heavy atom. The number of thioether (sulfide) groups is 1. The standard InChI is InChI=1S/C7H5BrFNO2S/c8-5-2-1-4(9)7(10-5)13-3-6(11)12/h1-2H,3H2,(H,11,12). The molecular formula is C7H5BrFNO2S. The summed E-state index contributed by atoms with van der Waals surface area (Å²) in [5.41, 5.74) is 0. The fourth-order valence-electron chi connectivity index (χ4n) is 0.632. The third kappa shape index (κ3) is 3.31. The predicted molar refractivity (Wildman–Crippen MR) is 50.3 cm³/mol. The molecule has 1 N–H and O–H groups in total. The molecule has 0 aliphatic carbocycles.